The number of amides is 1. The fourth-order valence-corrected chi connectivity index (χ4v) is 1.82. The normalized spacial score (nSPS) is 10.2. The molecule has 110 valence electrons. The second-order valence-electron chi connectivity index (χ2n) is 4.57. The van der Waals surface area contributed by atoms with E-state index in [0.29, 0.717) is 11.6 Å². The Morgan fingerprint density at radius 1 is 1.29 bits per heavy atom. The minimum absolute atomic E-state index is 0.214. The molecule has 0 saturated heterocycles. The molecule has 5 nitrogen and oxygen atoms in total. The number of halogens is 1. The molecule has 0 aliphatic heterocycles. The van der Waals surface area contributed by atoms with Crippen molar-refractivity contribution in [2.24, 2.45) is 0 Å². The molecule has 0 aliphatic rings. The second kappa shape index (κ2) is 6.95. The van der Waals surface area contributed by atoms with Crippen molar-refractivity contribution in [1.82, 2.24) is 10.3 Å². The molecule has 2 N–H and O–H groups in total. The van der Waals surface area contributed by atoms with Gasteiger partial charge in [-0.15, -0.1) is 0 Å². The van der Waals surface area contributed by atoms with E-state index in [-0.39, 0.29) is 18.2 Å². The van der Waals surface area contributed by atoms with E-state index in [1.807, 2.05) is 31.2 Å². The number of hydrogen-bond acceptors (Lipinski definition) is 3. The molecule has 0 bridgehead atoms. The first-order chi connectivity index (χ1) is 10.0. The van der Waals surface area contributed by atoms with Gasteiger partial charge in [0.2, 0.25) is 0 Å². The average molecular weight is 307 g/mol. The van der Waals surface area contributed by atoms with Crippen LogP contribution in [0.15, 0.2) is 36.5 Å². The van der Waals surface area contributed by atoms with E-state index in [1.165, 1.54) is 12.3 Å². The molecule has 2 rings (SSSR count). The number of carbonyl (C=O) groups excluding carboxylic acids is 2. The van der Waals surface area contributed by atoms with Crippen molar-refractivity contribution >= 4 is 23.5 Å². The number of rotatable bonds is 5. The molecule has 1 aromatic carbocycles. The van der Waals surface area contributed by atoms with Gasteiger partial charge in [0.15, 0.2) is 6.61 Å². The summed E-state index contributed by atoms with van der Waals surface area (Å²) in [4.78, 5) is 25.8. The molecule has 0 radical (unpaired) electrons. The molecule has 1 amide bonds. The number of esters is 1. The van der Waals surface area contributed by atoms with Gasteiger partial charge in [-0.2, -0.15) is 0 Å². The number of hydrogen-bond donors (Lipinski definition) is 2. The number of aromatic amines is 1. The van der Waals surface area contributed by atoms with E-state index in [9.17, 15) is 9.59 Å². The lowest BCUT2D eigenvalue weighted by atomic mass is 10.1. The van der Waals surface area contributed by atoms with Gasteiger partial charge in [-0.25, -0.2) is 4.79 Å². The third kappa shape index (κ3) is 4.65. The summed E-state index contributed by atoms with van der Waals surface area (Å²) in [5, 5.41) is 3.09. The number of aryl methyl sites for hydroxylation is 1. The summed E-state index contributed by atoms with van der Waals surface area (Å²) in [5.74, 6) is -0.978. The molecule has 0 spiro atoms. The smallest absolute Gasteiger partial charge is 0.355 e. The van der Waals surface area contributed by atoms with E-state index in [2.05, 4.69) is 10.3 Å². The van der Waals surface area contributed by atoms with Gasteiger partial charge in [-0.05, 0) is 18.6 Å². The van der Waals surface area contributed by atoms with Crippen LogP contribution in [0.1, 0.15) is 21.6 Å². The third-order valence-corrected chi connectivity index (χ3v) is 3.03. The average Bonchev–Trinajstić information content (AvgIpc) is 2.91. The molecular formula is C15H15ClN2O3. The molecule has 1 aromatic heterocycles. The summed E-state index contributed by atoms with van der Waals surface area (Å²) in [6.07, 6.45) is 1.47. The van der Waals surface area contributed by atoms with Crippen molar-refractivity contribution in [2.75, 3.05) is 6.61 Å². The molecule has 1 heterocycles. The fourth-order valence-electron chi connectivity index (χ4n) is 1.65. The Labute approximate surface area is 127 Å². The maximum atomic E-state index is 11.6. The molecule has 0 aliphatic carbocycles. The van der Waals surface area contributed by atoms with Gasteiger partial charge < -0.3 is 15.0 Å². The lowest BCUT2D eigenvalue weighted by Gasteiger charge is -2.06. The van der Waals surface area contributed by atoms with Gasteiger partial charge >= 0.3 is 5.97 Å². The number of benzene rings is 1. The summed E-state index contributed by atoms with van der Waals surface area (Å²) in [6.45, 7) is 2.06. The van der Waals surface area contributed by atoms with Gasteiger partial charge in [-0.1, -0.05) is 41.4 Å². The zero-order chi connectivity index (χ0) is 15.2. The Bertz CT molecular complexity index is 635. The van der Waals surface area contributed by atoms with Crippen LogP contribution in [-0.4, -0.2) is 23.5 Å². The zero-order valence-corrected chi connectivity index (χ0v) is 12.2. The van der Waals surface area contributed by atoms with Crippen molar-refractivity contribution in [3.8, 4) is 0 Å². The predicted octanol–water partition coefficient (Wildman–Crippen LogP) is 2.45. The lowest BCUT2D eigenvalue weighted by Crippen LogP contribution is -2.28. The van der Waals surface area contributed by atoms with Crippen LogP contribution < -0.4 is 5.32 Å². The Morgan fingerprint density at radius 2 is 2.00 bits per heavy atom. The Morgan fingerprint density at radius 3 is 2.62 bits per heavy atom. The first-order valence-corrected chi connectivity index (χ1v) is 6.75. The molecule has 0 unspecified atom stereocenters. The van der Waals surface area contributed by atoms with Gasteiger partial charge in [0, 0.05) is 12.7 Å². The van der Waals surface area contributed by atoms with Crippen LogP contribution in [0.3, 0.4) is 0 Å². The maximum Gasteiger partial charge on any atom is 0.355 e. The highest BCUT2D eigenvalue weighted by Gasteiger charge is 2.11. The van der Waals surface area contributed by atoms with Crippen LogP contribution in [0, 0.1) is 6.92 Å². The molecule has 0 fully saturated rings. The maximum absolute atomic E-state index is 11.6. The second-order valence-corrected chi connectivity index (χ2v) is 5.01. The highest BCUT2D eigenvalue weighted by atomic mass is 35.5. The largest absolute Gasteiger partial charge is 0.451 e. The quantitative estimate of drug-likeness (QED) is 0.834. The highest BCUT2D eigenvalue weighted by Crippen LogP contribution is 2.10. The summed E-state index contributed by atoms with van der Waals surface area (Å²) >= 11 is 5.68. The van der Waals surface area contributed by atoms with Gasteiger partial charge in [0.25, 0.3) is 5.91 Å². The molecule has 0 saturated carbocycles. The Kier molecular flexibility index (Phi) is 5.00. The van der Waals surface area contributed by atoms with Crippen LogP contribution in [0.4, 0.5) is 0 Å². The van der Waals surface area contributed by atoms with Crippen molar-refractivity contribution < 1.29 is 14.3 Å². The van der Waals surface area contributed by atoms with E-state index in [4.69, 9.17) is 16.3 Å². The van der Waals surface area contributed by atoms with Crippen LogP contribution >= 0.6 is 11.6 Å². The van der Waals surface area contributed by atoms with Crippen molar-refractivity contribution in [3.63, 3.8) is 0 Å². The third-order valence-electron chi connectivity index (χ3n) is 2.81. The van der Waals surface area contributed by atoms with Crippen molar-refractivity contribution in [2.45, 2.75) is 13.5 Å². The van der Waals surface area contributed by atoms with Crippen molar-refractivity contribution in [3.05, 3.63) is 58.4 Å². The molecule has 0 atom stereocenters. The lowest BCUT2D eigenvalue weighted by molar-refractivity contribution is -0.124. The van der Waals surface area contributed by atoms with Gasteiger partial charge in [-0.3, -0.25) is 4.79 Å². The van der Waals surface area contributed by atoms with Crippen molar-refractivity contribution in [1.29, 1.82) is 0 Å². The van der Waals surface area contributed by atoms with Crippen LogP contribution in [0.5, 0.6) is 0 Å². The fraction of sp³-hybridized carbons (Fsp3) is 0.200. The number of ether oxygens (including phenoxy) is 1. The zero-order valence-electron chi connectivity index (χ0n) is 11.5. The topological polar surface area (TPSA) is 71.2 Å². The van der Waals surface area contributed by atoms with Crippen LogP contribution in [-0.2, 0) is 16.1 Å². The molecule has 21 heavy (non-hydrogen) atoms. The number of carbonyl (C=O) groups is 2. The highest BCUT2D eigenvalue weighted by molar-refractivity contribution is 6.30. The standard InChI is InChI=1S/C15H15ClN2O3/c1-10-2-4-11(5-3-10)7-18-14(19)9-21-15(20)13-6-12(16)8-17-13/h2-6,8,17H,7,9H2,1H3,(H,18,19). The minimum atomic E-state index is -0.618. The van der Waals surface area contributed by atoms with Gasteiger partial charge in [0.05, 0.1) is 5.02 Å². The summed E-state index contributed by atoms with van der Waals surface area (Å²) < 4.78 is 4.87. The number of H-pyrrole nitrogens is 1. The summed E-state index contributed by atoms with van der Waals surface area (Å²) in [6, 6.07) is 9.24. The number of nitrogens with one attached hydrogen (secondary N) is 2. The van der Waals surface area contributed by atoms with Crippen LogP contribution in [0.2, 0.25) is 5.02 Å². The first-order valence-electron chi connectivity index (χ1n) is 6.38. The number of aromatic nitrogens is 1. The molecule has 6 heteroatoms. The molecular weight excluding hydrogens is 292 g/mol. The summed E-state index contributed by atoms with van der Waals surface area (Å²) in [5.41, 5.74) is 2.35. The Balaban J connectivity index is 1.74. The van der Waals surface area contributed by atoms with Gasteiger partial charge in [0.1, 0.15) is 5.69 Å². The minimum Gasteiger partial charge on any atom is -0.451 e. The predicted molar refractivity (Wildman–Crippen MR) is 79.1 cm³/mol. The summed E-state index contributed by atoms with van der Waals surface area (Å²) in [7, 11) is 0. The van der Waals surface area contributed by atoms with Crippen LogP contribution in [0.25, 0.3) is 0 Å². The van der Waals surface area contributed by atoms with E-state index >= 15 is 0 Å². The SMILES string of the molecule is Cc1ccc(CNC(=O)COC(=O)c2cc(Cl)c[nH]2)cc1. The monoisotopic (exact) mass is 306 g/mol. The van der Waals surface area contributed by atoms with E-state index in [0.717, 1.165) is 11.1 Å². The first kappa shape index (κ1) is 15.1. The molecule has 2 aromatic rings. The van der Waals surface area contributed by atoms with E-state index < -0.39 is 5.97 Å². The van der Waals surface area contributed by atoms with E-state index in [1.54, 1.807) is 0 Å². The Hall–Kier alpha value is -2.27.